The maximum atomic E-state index is 10.1. The smallest absolute Gasteiger partial charge is 0.0831 e. The van der Waals surface area contributed by atoms with Crippen molar-refractivity contribution in [3.63, 3.8) is 0 Å². The van der Waals surface area contributed by atoms with E-state index in [0.717, 1.165) is 15.6 Å². The summed E-state index contributed by atoms with van der Waals surface area (Å²) in [6, 6.07) is 5.93. The van der Waals surface area contributed by atoms with Gasteiger partial charge in [-0.25, -0.2) is 0 Å². The average Bonchev–Trinajstić information content (AvgIpc) is 2.68. The highest BCUT2D eigenvalue weighted by Crippen LogP contribution is 2.24. The zero-order valence-corrected chi connectivity index (χ0v) is 11.5. The van der Waals surface area contributed by atoms with Crippen molar-refractivity contribution in [2.75, 3.05) is 0 Å². The molecule has 17 heavy (non-hydrogen) atoms. The second-order valence-electron chi connectivity index (χ2n) is 4.25. The van der Waals surface area contributed by atoms with Crippen LogP contribution < -0.4 is 0 Å². The van der Waals surface area contributed by atoms with E-state index >= 15 is 0 Å². The number of aliphatic hydroxyl groups excluding tert-OH is 1. The highest BCUT2D eigenvalue weighted by molar-refractivity contribution is 9.10. The first-order valence-corrected chi connectivity index (χ1v) is 6.27. The van der Waals surface area contributed by atoms with Gasteiger partial charge in [-0.2, -0.15) is 5.10 Å². The summed E-state index contributed by atoms with van der Waals surface area (Å²) in [4.78, 5) is 0. The van der Waals surface area contributed by atoms with E-state index < -0.39 is 6.10 Å². The van der Waals surface area contributed by atoms with Crippen LogP contribution in [0.15, 0.2) is 35.1 Å². The number of rotatable bonds is 3. The zero-order chi connectivity index (χ0) is 12.4. The fourth-order valence-corrected chi connectivity index (χ4v) is 2.13. The van der Waals surface area contributed by atoms with Crippen LogP contribution in [0.4, 0.5) is 0 Å². The molecule has 1 atom stereocenters. The van der Waals surface area contributed by atoms with Gasteiger partial charge in [-0.15, -0.1) is 0 Å². The molecular formula is C13H15BrN2O. The van der Waals surface area contributed by atoms with Crippen molar-refractivity contribution in [1.29, 1.82) is 0 Å². The molecule has 0 fully saturated rings. The lowest BCUT2D eigenvalue weighted by atomic mass is 10.0. The van der Waals surface area contributed by atoms with Crippen molar-refractivity contribution in [3.8, 4) is 0 Å². The quantitative estimate of drug-likeness (QED) is 0.945. The van der Waals surface area contributed by atoms with Crippen LogP contribution in [0.3, 0.4) is 0 Å². The van der Waals surface area contributed by atoms with E-state index in [9.17, 15) is 5.11 Å². The number of hydrogen-bond acceptors (Lipinski definition) is 2. The summed E-state index contributed by atoms with van der Waals surface area (Å²) in [6.45, 7) is 2.03. The van der Waals surface area contributed by atoms with Gasteiger partial charge in [0.2, 0.25) is 0 Å². The molecule has 4 heteroatoms. The van der Waals surface area contributed by atoms with Gasteiger partial charge in [0.25, 0.3) is 0 Å². The maximum absolute atomic E-state index is 10.1. The molecule has 0 amide bonds. The van der Waals surface area contributed by atoms with E-state index in [4.69, 9.17) is 0 Å². The first-order valence-electron chi connectivity index (χ1n) is 5.48. The van der Waals surface area contributed by atoms with Gasteiger partial charge >= 0.3 is 0 Å². The molecule has 0 bridgehead atoms. The molecule has 2 aromatic rings. The lowest BCUT2D eigenvalue weighted by Gasteiger charge is -2.11. The Kier molecular flexibility index (Phi) is 3.64. The third-order valence-corrected chi connectivity index (χ3v) is 3.62. The second kappa shape index (κ2) is 5.02. The molecule has 3 nitrogen and oxygen atoms in total. The van der Waals surface area contributed by atoms with E-state index in [0.29, 0.717) is 6.42 Å². The fourth-order valence-electron chi connectivity index (χ4n) is 1.73. The Labute approximate surface area is 109 Å². The number of nitrogens with zero attached hydrogens (tertiary/aromatic N) is 2. The van der Waals surface area contributed by atoms with Crippen LogP contribution in [0.2, 0.25) is 0 Å². The Morgan fingerprint density at radius 2 is 2.24 bits per heavy atom. The second-order valence-corrected chi connectivity index (χ2v) is 5.11. The van der Waals surface area contributed by atoms with E-state index in [2.05, 4.69) is 21.0 Å². The zero-order valence-electron chi connectivity index (χ0n) is 9.89. The molecule has 0 aliphatic heterocycles. The molecular weight excluding hydrogens is 280 g/mol. The van der Waals surface area contributed by atoms with Gasteiger partial charge in [-0.05, 0) is 29.7 Å². The minimum Gasteiger partial charge on any atom is -0.388 e. The van der Waals surface area contributed by atoms with E-state index in [1.807, 2.05) is 38.4 Å². The Hall–Kier alpha value is -1.13. The predicted octanol–water partition coefficient (Wildman–Crippen LogP) is 2.77. The van der Waals surface area contributed by atoms with Crippen LogP contribution in [0, 0.1) is 6.92 Å². The highest BCUT2D eigenvalue weighted by Gasteiger charge is 2.10. The Bertz CT molecular complexity index is 522. The lowest BCUT2D eigenvalue weighted by molar-refractivity contribution is 0.178. The normalized spacial score (nSPS) is 12.7. The van der Waals surface area contributed by atoms with Crippen LogP contribution in [-0.4, -0.2) is 14.9 Å². The summed E-state index contributed by atoms with van der Waals surface area (Å²) in [7, 11) is 1.87. The van der Waals surface area contributed by atoms with Crippen molar-refractivity contribution >= 4 is 15.9 Å². The Balaban J connectivity index is 2.14. The van der Waals surface area contributed by atoms with E-state index in [1.165, 1.54) is 5.56 Å². The number of aromatic nitrogens is 2. The largest absolute Gasteiger partial charge is 0.388 e. The average molecular weight is 295 g/mol. The molecule has 0 spiro atoms. The van der Waals surface area contributed by atoms with E-state index in [1.54, 1.807) is 10.9 Å². The maximum Gasteiger partial charge on any atom is 0.0831 e. The van der Waals surface area contributed by atoms with Crippen molar-refractivity contribution in [1.82, 2.24) is 9.78 Å². The van der Waals surface area contributed by atoms with Crippen LogP contribution >= 0.6 is 15.9 Å². The molecule has 1 aromatic carbocycles. The molecule has 1 heterocycles. The van der Waals surface area contributed by atoms with Gasteiger partial charge in [-0.3, -0.25) is 4.68 Å². The molecule has 2 rings (SSSR count). The summed E-state index contributed by atoms with van der Waals surface area (Å²) in [5.41, 5.74) is 3.13. The van der Waals surface area contributed by atoms with E-state index in [-0.39, 0.29) is 0 Å². The molecule has 1 unspecified atom stereocenters. The molecule has 0 saturated carbocycles. The first kappa shape index (κ1) is 12.3. The van der Waals surface area contributed by atoms with Gasteiger partial charge in [0.1, 0.15) is 0 Å². The predicted molar refractivity (Wildman–Crippen MR) is 70.8 cm³/mol. The molecule has 1 N–H and O–H groups in total. The van der Waals surface area contributed by atoms with Crippen LogP contribution in [0.25, 0.3) is 0 Å². The lowest BCUT2D eigenvalue weighted by Crippen LogP contribution is -2.01. The first-order chi connectivity index (χ1) is 8.06. The summed E-state index contributed by atoms with van der Waals surface area (Å²) in [5, 5.41) is 14.2. The molecule has 1 aromatic heterocycles. The molecule has 90 valence electrons. The fraction of sp³-hybridized carbons (Fsp3) is 0.308. The number of hydrogen-bond donors (Lipinski definition) is 1. The van der Waals surface area contributed by atoms with Crippen molar-refractivity contribution in [2.45, 2.75) is 19.4 Å². The molecule has 0 aliphatic rings. The number of halogens is 1. The summed E-state index contributed by atoms with van der Waals surface area (Å²) in [5.74, 6) is 0. The number of aryl methyl sites for hydroxylation is 2. The van der Waals surface area contributed by atoms with Gasteiger partial charge in [0, 0.05) is 24.1 Å². The monoisotopic (exact) mass is 294 g/mol. The third-order valence-electron chi connectivity index (χ3n) is 2.77. The number of benzene rings is 1. The topological polar surface area (TPSA) is 38.1 Å². The van der Waals surface area contributed by atoms with Gasteiger partial charge in [-0.1, -0.05) is 28.1 Å². The molecule has 0 aliphatic carbocycles. The highest BCUT2D eigenvalue weighted by atomic mass is 79.9. The van der Waals surface area contributed by atoms with Crippen LogP contribution in [0.5, 0.6) is 0 Å². The minimum atomic E-state index is -0.490. The summed E-state index contributed by atoms with van der Waals surface area (Å²) in [6.07, 6.45) is 3.80. The summed E-state index contributed by atoms with van der Waals surface area (Å²) >= 11 is 3.48. The molecule has 0 radical (unpaired) electrons. The van der Waals surface area contributed by atoms with Crippen LogP contribution in [-0.2, 0) is 13.5 Å². The van der Waals surface area contributed by atoms with Crippen molar-refractivity contribution in [2.24, 2.45) is 7.05 Å². The Morgan fingerprint density at radius 3 is 2.82 bits per heavy atom. The van der Waals surface area contributed by atoms with Crippen molar-refractivity contribution in [3.05, 3.63) is 51.8 Å². The minimum absolute atomic E-state index is 0.490. The van der Waals surface area contributed by atoms with Crippen molar-refractivity contribution < 1.29 is 5.11 Å². The van der Waals surface area contributed by atoms with Gasteiger partial charge in [0.15, 0.2) is 0 Å². The molecule has 0 saturated heterocycles. The number of aliphatic hydroxyl groups is 1. The summed E-state index contributed by atoms with van der Waals surface area (Å²) < 4.78 is 2.77. The Morgan fingerprint density at radius 1 is 1.47 bits per heavy atom. The van der Waals surface area contributed by atoms with Gasteiger partial charge in [0.05, 0.1) is 12.3 Å². The van der Waals surface area contributed by atoms with Gasteiger partial charge < -0.3 is 5.11 Å². The van der Waals surface area contributed by atoms with Crippen LogP contribution in [0.1, 0.15) is 22.8 Å². The standard InChI is InChI=1S/C13H15BrN2O/c1-9-3-4-11(6-12(9)14)13(17)5-10-7-15-16(2)8-10/h3-4,6-8,13,17H,5H2,1-2H3. The SMILES string of the molecule is Cc1ccc(C(O)Cc2cnn(C)c2)cc1Br. The third kappa shape index (κ3) is 2.96.